The zero-order valence-corrected chi connectivity index (χ0v) is 9.75. The number of anilines is 1. The lowest BCUT2D eigenvalue weighted by Crippen LogP contribution is -2.27. The lowest BCUT2D eigenvalue weighted by Gasteiger charge is -2.08. The van der Waals surface area contributed by atoms with Crippen molar-refractivity contribution in [3.8, 4) is 0 Å². The summed E-state index contributed by atoms with van der Waals surface area (Å²) in [6.45, 7) is 5.52. The Morgan fingerprint density at radius 3 is 2.88 bits per heavy atom. The van der Waals surface area contributed by atoms with Gasteiger partial charge in [0.15, 0.2) is 0 Å². The van der Waals surface area contributed by atoms with Gasteiger partial charge in [-0.1, -0.05) is 0 Å². The molecule has 0 aliphatic heterocycles. The van der Waals surface area contributed by atoms with Crippen molar-refractivity contribution < 1.29 is 9.53 Å². The van der Waals surface area contributed by atoms with Crippen LogP contribution in [0, 0.1) is 6.92 Å². The van der Waals surface area contributed by atoms with Gasteiger partial charge in [0.25, 0.3) is 5.91 Å². The predicted octanol–water partition coefficient (Wildman–Crippen LogP) is 1.34. The molecule has 0 aliphatic rings. The molecule has 0 spiro atoms. The Balaban J connectivity index is 2.53. The molecule has 4 heteroatoms. The van der Waals surface area contributed by atoms with E-state index >= 15 is 0 Å². The molecule has 1 amide bonds. The van der Waals surface area contributed by atoms with Gasteiger partial charge in [-0.05, 0) is 37.6 Å². The van der Waals surface area contributed by atoms with E-state index < -0.39 is 0 Å². The molecule has 0 atom stereocenters. The van der Waals surface area contributed by atoms with E-state index in [-0.39, 0.29) is 5.91 Å². The summed E-state index contributed by atoms with van der Waals surface area (Å²) in [6, 6.07) is 5.25. The molecule has 0 bridgehead atoms. The SMILES string of the molecule is CCOCCNC(=O)c1ccc(N)cc1C. The van der Waals surface area contributed by atoms with E-state index in [1.54, 1.807) is 18.2 Å². The van der Waals surface area contributed by atoms with Crippen LogP contribution in [-0.2, 0) is 4.74 Å². The van der Waals surface area contributed by atoms with Crippen LogP contribution >= 0.6 is 0 Å². The Morgan fingerprint density at radius 1 is 1.50 bits per heavy atom. The number of carbonyl (C=O) groups is 1. The average molecular weight is 222 g/mol. The molecule has 1 aromatic rings. The minimum atomic E-state index is -0.0859. The normalized spacial score (nSPS) is 10.1. The number of nitrogens with two attached hydrogens (primary N) is 1. The lowest BCUT2D eigenvalue weighted by molar-refractivity contribution is 0.0922. The fourth-order valence-electron chi connectivity index (χ4n) is 1.42. The number of benzene rings is 1. The highest BCUT2D eigenvalue weighted by atomic mass is 16.5. The number of carbonyl (C=O) groups excluding carboxylic acids is 1. The molecule has 1 aromatic carbocycles. The van der Waals surface area contributed by atoms with Gasteiger partial charge in [-0.15, -0.1) is 0 Å². The molecule has 4 nitrogen and oxygen atoms in total. The Labute approximate surface area is 95.8 Å². The number of hydrogen-bond acceptors (Lipinski definition) is 3. The van der Waals surface area contributed by atoms with Gasteiger partial charge in [-0.25, -0.2) is 0 Å². The molecular formula is C12H18N2O2. The summed E-state index contributed by atoms with van der Waals surface area (Å²) in [5.74, 6) is -0.0859. The number of amides is 1. The van der Waals surface area contributed by atoms with Gasteiger partial charge in [0.1, 0.15) is 0 Å². The van der Waals surface area contributed by atoms with Crippen molar-refractivity contribution in [2.75, 3.05) is 25.5 Å². The fourth-order valence-corrected chi connectivity index (χ4v) is 1.42. The summed E-state index contributed by atoms with van der Waals surface area (Å²) in [5.41, 5.74) is 7.83. The highest BCUT2D eigenvalue weighted by molar-refractivity contribution is 5.95. The van der Waals surface area contributed by atoms with E-state index in [0.29, 0.717) is 31.0 Å². The maximum Gasteiger partial charge on any atom is 0.251 e. The Hall–Kier alpha value is -1.55. The van der Waals surface area contributed by atoms with Crippen molar-refractivity contribution in [2.45, 2.75) is 13.8 Å². The van der Waals surface area contributed by atoms with E-state index in [9.17, 15) is 4.79 Å². The van der Waals surface area contributed by atoms with Crippen LogP contribution in [-0.4, -0.2) is 25.7 Å². The van der Waals surface area contributed by atoms with Crippen LogP contribution in [0.1, 0.15) is 22.8 Å². The number of aryl methyl sites for hydroxylation is 1. The van der Waals surface area contributed by atoms with Gasteiger partial charge in [0, 0.05) is 24.4 Å². The maximum absolute atomic E-state index is 11.7. The highest BCUT2D eigenvalue weighted by Gasteiger charge is 2.07. The van der Waals surface area contributed by atoms with E-state index in [2.05, 4.69) is 5.32 Å². The topological polar surface area (TPSA) is 64.3 Å². The molecule has 0 unspecified atom stereocenters. The first kappa shape index (κ1) is 12.5. The summed E-state index contributed by atoms with van der Waals surface area (Å²) in [7, 11) is 0. The van der Waals surface area contributed by atoms with Gasteiger partial charge < -0.3 is 15.8 Å². The smallest absolute Gasteiger partial charge is 0.251 e. The third-order valence-corrected chi connectivity index (χ3v) is 2.23. The minimum Gasteiger partial charge on any atom is -0.399 e. The quantitative estimate of drug-likeness (QED) is 0.583. The first-order valence-corrected chi connectivity index (χ1v) is 5.37. The largest absolute Gasteiger partial charge is 0.399 e. The summed E-state index contributed by atoms with van der Waals surface area (Å²) >= 11 is 0. The first-order valence-electron chi connectivity index (χ1n) is 5.37. The molecule has 0 aromatic heterocycles. The van der Waals surface area contributed by atoms with E-state index in [1.807, 2.05) is 13.8 Å². The van der Waals surface area contributed by atoms with Crippen molar-refractivity contribution in [1.82, 2.24) is 5.32 Å². The lowest BCUT2D eigenvalue weighted by atomic mass is 10.1. The molecule has 3 N–H and O–H groups in total. The van der Waals surface area contributed by atoms with Crippen LogP contribution in [0.3, 0.4) is 0 Å². The van der Waals surface area contributed by atoms with E-state index in [1.165, 1.54) is 0 Å². The Bertz CT molecular complexity index is 364. The second kappa shape index (κ2) is 6.12. The second-order valence-electron chi connectivity index (χ2n) is 3.53. The van der Waals surface area contributed by atoms with Gasteiger partial charge in [-0.2, -0.15) is 0 Å². The van der Waals surface area contributed by atoms with Gasteiger partial charge in [0.2, 0.25) is 0 Å². The molecule has 0 saturated carbocycles. The van der Waals surface area contributed by atoms with E-state index in [4.69, 9.17) is 10.5 Å². The molecule has 0 saturated heterocycles. The zero-order valence-electron chi connectivity index (χ0n) is 9.75. The van der Waals surface area contributed by atoms with Crippen LogP contribution in [0.25, 0.3) is 0 Å². The number of rotatable bonds is 5. The molecule has 16 heavy (non-hydrogen) atoms. The van der Waals surface area contributed by atoms with Crippen molar-refractivity contribution in [2.24, 2.45) is 0 Å². The highest BCUT2D eigenvalue weighted by Crippen LogP contribution is 2.11. The molecule has 0 heterocycles. The molecule has 1 rings (SSSR count). The number of nitrogen functional groups attached to an aromatic ring is 1. The summed E-state index contributed by atoms with van der Waals surface area (Å²) in [6.07, 6.45) is 0. The van der Waals surface area contributed by atoms with Crippen LogP contribution in [0.2, 0.25) is 0 Å². The van der Waals surface area contributed by atoms with Crippen molar-refractivity contribution in [3.05, 3.63) is 29.3 Å². The molecule has 88 valence electrons. The van der Waals surface area contributed by atoms with E-state index in [0.717, 1.165) is 5.56 Å². The number of hydrogen-bond donors (Lipinski definition) is 2. The summed E-state index contributed by atoms with van der Waals surface area (Å²) in [5, 5.41) is 2.79. The minimum absolute atomic E-state index is 0.0859. The number of ether oxygens (including phenoxy) is 1. The average Bonchev–Trinajstić information content (AvgIpc) is 2.24. The van der Waals surface area contributed by atoms with Crippen LogP contribution in [0.15, 0.2) is 18.2 Å². The molecule has 0 aliphatic carbocycles. The summed E-state index contributed by atoms with van der Waals surface area (Å²) < 4.78 is 5.13. The third kappa shape index (κ3) is 3.55. The third-order valence-electron chi connectivity index (χ3n) is 2.23. The Kier molecular flexibility index (Phi) is 4.79. The standard InChI is InChI=1S/C12H18N2O2/c1-3-16-7-6-14-12(15)11-5-4-10(13)8-9(11)2/h4-5,8H,3,6-7,13H2,1-2H3,(H,14,15). The molecular weight excluding hydrogens is 204 g/mol. The van der Waals surface area contributed by atoms with Crippen LogP contribution < -0.4 is 11.1 Å². The zero-order chi connectivity index (χ0) is 12.0. The van der Waals surface area contributed by atoms with Crippen molar-refractivity contribution in [3.63, 3.8) is 0 Å². The van der Waals surface area contributed by atoms with Crippen molar-refractivity contribution >= 4 is 11.6 Å². The summed E-state index contributed by atoms with van der Waals surface area (Å²) in [4.78, 5) is 11.7. The van der Waals surface area contributed by atoms with Crippen molar-refractivity contribution in [1.29, 1.82) is 0 Å². The predicted molar refractivity (Wildman–Crippen MR) is 64.4 cm³/mol. The molecule has 0 radical (unpaired) electrons. The Morgan fingerprint density at radius 2 is 2.25 bits per heavy atom. The fraction of sp³-hybridized carbons (Fsp3) is 0.417. The van der Waals surface area contributed by atoms with Gasteiger partial charge in [0.05, 0.1) is 6.61 Å². The second-order valence-corrected chi connectivity index (χ2v) is 3.53. The van der Waals surface area contributed by atoms with Crippen LogP contribution in [0.5, 0.6) is 0 Å². The number of nitrogens with one attached hydrogen (secondary N) is 1. The van der Waals surface area contributed by atoms with Gasteiger partial charge >= 0.3 is 0 Å². The monoisotopic (exact) mass is 222 g/mol. The molecule has 0 fully saturated rings. The van der Waals surface area contributed by atoms with Gasteiger partial charge in [-0.3, -0.25) is 4.79 Å². The maximum atomic E-state index is 11.7. The van der Waals surface area contributed by atoms with Crippen LogP contribution in [0.4, 0.5) is 5.69 Å². The first-order chi connectivity index (χ1) is 7.65.